The van der Waals surface area contributed by atoms with Crippen molar-refractivity contribution in [2.45, 2.75) is 32.9 Å². The molecule has 3 N–H and O–H groups in total. The number of hydrogen-bond donors (Lipinski definition) is 3. The van der Waals surface area contributed by atoms with Gasteiger partial charge in [-0.25, -0.2) is 4.98 Å². The van der Waals surface area contributed by atoms with Crippen LogP contribution >= 0.6 is 0 Å². The van der Waals surface area contributed by atoms with E-state index in [0.29, 0.717) is 13.1 Å². The van der Waals surface area contributed by atoms with Gasteiger partial charge >= 0.3 is 0 Å². The minimum absolute atomic E-state index is 0.340. The van der Waals surface area contributed by atoms with Crippen LogP contribution in [0.1, 0.15) is 19.7 Å². The SMILES string of the molecule is CCNC(=NCC(C)(O)CN1CCOCC1)NCCn1c(C)nc2ccccc21. The van der Waals surface area contributed by atoms with Crippen molar-refractivity contribution in [3.63, 3.8) is 0 Å². The van der Waals surface area contributed by atoms with Crippen LogP contribution in [0.3, 0.4) is 0 Å². The van der Waals surface area contributed by atoms with Crippen LogP contribution in [0.5, 0.6) is 0 Å². The third-order valence-corrected chi connectivity index (χ3v) is 5.06. The number of aryl methyl sites for hydroxylation is 1. The van der Waals surface area contributed by atoms with Crippen molar-refractivity contribution in [1.29, 1.82) is 0 Å². The maximum absolute atomic E-state index is 10.8. The quantitative estimate of drug-likeness (QED) is 0.451. The fourth-order valence-corrected chi connectivity index (χ4v) is 3.65. The lowest BCUT2D eigenvalue weighted by Crippen LogP contribution is -2.48. The van der Waals surface area contributed by atoms with Gasteiger partial charge in [-0.2, -0.15) is 0 Å². The van der Waals surface area contributed by atoms with Crippen molar-refractivity contribution in [2.24, 2.45) is 4.99 Å². The van der Waals surface area contributed by atoms with Crippen LogP contribution in [-0.2, 0) is 11.3 Å². The predicted octanol–water partition coefficient (Wildman–Crippen LogP) is 0.983. The summed E-state index contributed by atoms with van der Waals surface area (Å²) in [6.07, 6.45) is 0. The van der Waals surface area contributed by atoms with Gasteiger partial charge in [0.15, 0.2) is 5.96 Å². The molecule has 1 aliphatic heterocycles. The second kappa shape index (κ2) is 10.0. The number of guanidine groups is 1. The predicted molar refractivity (Wildman–Crippen MR) is 116 cm³/mol. The van der Waals surface area contributed by atoms with Gasteiger partial charge in [-0.1, -0.05) is 12.1 Å². The fourth-order valence-electron chi connectivity index (χ4n) is 3.65. The zero-order valence-corrected chi connectivity index (χ0v) is 17.8. The molecule has 0 radical (unpaired) electrons. The van der Waals surface area contributed by atoms with Gasteiger partial charge in [0.2, 0.25) is 0 Å². The Balaban J connectivity index is 1.55. The molecule has 160 valence electrons. The Morgan fingerprint density at radius 2 is 2.03 bits per heavy atom. The highest BCUT2D eigenvalue weighted by Crippen LogP contribution is 2.14. The first-order valence-corrected chi connectivity index (χ1v) is 10.4. The first-order valence-electron chi connectivity index (χ1n) is 10.4. The largest absolute Gasteiger partial charge is 0.387 e. The Hall–Kier alpha value is -2.16. The Bertz CT molecular complexity index is 811. The van der Waals surface area contributed by atoms with E-state index < -0.39 is 5.60 Å². The lowest BCUT2D eigenvalue weighted by molar-refractivity contribution is -0.0179. The molecule has 2 heterocycles. The highest BCUT2D eigenvalue weighted by molar-refractivity contribution is 5.80. The minimum atomic E-state index is -0.878. The topological polar surface area (TPSA) is 86.9 Å². The van der Waals surface area contributed by atoms with Gasteiger partial charge in [-0.3, -0.25) is 9.89 Å². The summed E-state index contributed by atoms with van der Waals surface area (Å²) in [6, 6.07) is 8.18. The van der Waals surface area contributed by atoms with E-state index in [-0.39, 0.29) is 0 Å². The molecule has 1 fully saturated rings. The molecule has 8 nitrogen and oxygen atoms in total. The summed E-state index contributed by atoms with van der Waals surface area (Å²) in [7, 11) is 0. The van der Waals surface area contributed by atoms with Crippen molar-refractivity contribution in [2.75, 3.05) is 52.5 Å². The molecule has 1 saturated heterocycles. The second-order valence-electron chi connectivity index (χ2n) is 7.81. The first kappa shape index (κ1) is 21.5. The zero-order valence-electron chi connectivity index (χ0n) is 17.8. The molecule has 0 bridgehead atoms. The highest BCUT2D eigenvalue weighted by atomic mass is 16.5. The number of aromatic nitrogens is 2. The smallest absolute Gasteiger partial charge is 0.191 e. The summed E-state index contributed by atoms with van der Waals surface area (Å²) in [4.78, 5) is 11.5. The number of benzene rings is 1. The Morgan fingerprint density at radius 3 is 2.79 bits per heavy atom. The highest BCUT2D eigenvalue weighted by Gasteiger charge is 2.25. The number of morpholine rings is 1. The van der Waals surface area contributed by atoms with Crippen LogP contribution in [0.4, 0.5) is 0 Å². The van der Waals surface area contributed by atoms with Crippen LogP contribution < -0.4 is 10.6 Å². The molecular weight excluding hydrogens is 368 g/mol. The van der Waals surface area contributed by atoms with Gasteiger partial charge in [0.05, 0.1) is 36.4 Å². The Morgan fingerprint density at radius 1 is 1.28 bits per heavy atom. The molecular formula is C21H34N6O2. The summed E-state index contributed by atoms with van der Waals surface area (Å²) in [5, 5.41) is 17.4. The van der Waals surface area contributed by atoms with Crippen LogP contribution in [0.2, 0.25) is 0 Å². The van der Waals surface area contributed by atoms with Gasteiger partial charge in [-0.15, -0.1) is 0 Å². The van der Waals surface area contributed by atoms with Gasteiger partial charge in [0.1, 0.15) is 5.82 Å². The van der Waals surface area contributed by atoms with Crippen LogP contribution in [-0.4, -0.2) is 83.6 Å². The molecule has 1 aliphatic rings. The third-order valence-electron chi connectivity index (χ3n) is 5.06. The molecule has 0 saturated carbocycles. The van der Waals surface area contributed by atoms with Crippen molar-refractivity contribution in [1.82, 2.24) is 25.1 Å². The number of para-hydroxylation sites is 2. The number of ether oxygens (including phenoxy) is 1. The number of hydrogen-bond acceptors (Lipinski definition) is 5. The molecule has 1 atom stereocenters. The Kier molecular flexibility index (Phi) is 7.46. The monoisotopic (exact) mass is 402 g/mol. The molecule has 1 aromatic carbocycles. The summed E-state index contributed by atoms with van der Waals surface area (Å²) in [6.45, 7) is 12.3. The number of rotatable bonds is 8. The summed E-state index contributed by atoms with van der Waals surface area (Å²) in [5.41, 5.74) is 1.28. The molecule has 3 rings (SSSR count). The van der Waals surface area contributed by atoms with Gasteiger partial charge in [-0.05, 0) is 32.9 Å². The summed E-state index contributed by atoms with van der Waals surface area (Å²) >= 11 is 0. The molecule has 1 aromatic heterocycles. The third kappa shape index (κ3) is 6.16. The number of aliphatic imine (C=N–C) groups is 1. The van der Waals surface area contributed by atoms with E-state index >= 15 is 0 Å². The van der Waals surface area contributed by atoms with Crippen molar-refractivity contribution < 1.29 is 9.84 Å². The molecule has 2 aromatic rings. The molecule has 8 heteroatoms. The lowest BCUT2D eigenvalue weighted by atomic mass is 10.1. The number of imidazole rings is 1. The van der Waals surface area contributed by atoms with Crippen LogP contribution in [0, 0.1) is 6.92 Å². The normalized spacial score (nSPS) is 18.0. The maximum atomic E-state index is 10.8. The average Bonchev–Trinajstić information content (AvgIpc) is 3.02. The molecule has 0 aliphatic carbocycles. The average molecular weight is 403 g/mol. The van der Waals surface area contributed by atoms with E-state index in [9.17, 15) is 5.11 Å². The van der Waals surface area contributed by atoms with E-state index in [1.54, 1.807) is 0 Å². The molecule has 29 heavy (non-hydrogen) atoms. The second-order valence-corrected chi connectivity index (χ2v) is 7.81. The van der Waals surface area contributed by atoms with Crippen molar-refractivity contribution in [3.05, 3.63) is 30.1 Å². The fraction of sp³-hybridized carbons (Fsp3) is 0.619. The Labute approximate surface area is 173 Å². The molecule has 1 unspecified atom stereocenters. The molecule has 0 amide bonds. The number of aliphatic hydroxyl groups is 1. The molecule has 0 spiro atoms. The van der Waals surface area contributed by atoms with E-state index in [1.807, 2.05) is 39.0 Å². The lowest BCUT2D eigenvalue weighted by Gasteiger charge is -2.33. The maximum Gasteiger partial charge on any atom is 0.191 e. The van der Waals surface area contributed by atoms with E-state index in [2.05, 4.69) is 36.1 Å². The summed E-state index contributed by atoms with van der Waals surface area (Å²) < 4.78 is 7.59. The number of nitrogens with one attached hydrogen (secondary N) is 2. The number of nitrogens with zero attached hydrogens (tertiary/aromatic N) is 4. The van der Waals surface area contributed by atoms with E-state index in [4.69, 9.17) is 4.74 Å². The first-order chi connectivity index (χ1) is 14.0. The zero-order chi connectivity index (χ0) is 20.7. The van der Waals surface area contributed by atoms with Gasteiger partial charge < -0.3 is 25.0 Å². The minimum Gasteiger partial charge on any atom is -0.387 e. The van der Waals surface area contributed by atoms with E-state index in [1.165, 1.54) is 0 Å². The van der Waals surface area contributed by atoms with Crippen LogP contribution in [0.15, 0.2) is 29.3 Å². The summed E-state index contributed by atoms with van der Waals surface area (Å²) in [5.74, 6) is 1.72. The van der Waals surface area contributed by atoms with E-state index in [0.717, 1.165) is 68.8 Å². The number of fused-ring (bicyclic) bond motifs is 1. The number of β-amino-alcohol motifs (C(OH)–C–C–N with tert-alkyl or cyclic N) is 1. The standard InChI is InChI=1S/C21H34N6O2/c1-4-22-20(24-15-21(3,28)16-26-11-13-29-14-12-26)23-9-10-27-17(2)25-18-7-5-6-8-19(18)27/h5-8,28H,4,9-16H2,1-3H3,(H2,22,23,24). The van der Waals surface area contributed by atoms with Gasteiger partial charge in [0, 0.05) is 39.3 Å². The van der Waals surface area contributed by atoms with Crippen LogP contribution in [0.25, 0.3) is 11.0 Å². The van der Waals surface area contributed by atoms with Gasteiger partial charge in [0.25, 0.3) is 0 Å². The van der Waals surface area contributed by atoms with Crippen molar-refractivity contribution in [3.8, 4) is 0 Å². The van der Waals surface area contributed by atoms with Crippen molar-refractivity contribution >= 4 is 17.0 Å².